The molecular weight excluding hydrogens is 486 g/mol. The maximum Gasteiger partial charge on any atom is 0.217 e. The zero-order valence-electron chi connectivity index (χ0n) is 21.1. The summed E-state index contributed by atoms with van der Waals surface area (Å²) in [5.41, 5.74) is 6.54. The number of carbonyl (C=O) groups is 1. The fourth-order valence-electron chi connectivity index (χ4n) is 4.82. The lowest BCUT2D eigenvalue weighted by Gasteiger charge is -2.40. The highest BCUT2D eigenvalue weighted by molar-refractivity contribution is 5.85. The van der Waals surface area contributed by atoms with E-state index in [1.165, 1.54) is 18.1 Å². The van der Waals surface area contributed by atoms with Crippen molar-refractivity contribution < 1.29 is 4.79 Å². The Kier molecular flexibility index (Phi) is 8.53. The number of aryl methyl sites for hydroxylation is 1. The maximum atomic E-state index is 11.2. The molecule has 0 spiro atoms. The van der Waals surface area contributed by atoms with Crippen LogP contribution in [0, 0.1) is 6.92 Å². The molecule has 1 amide bonds. The molecule has 4 aromatic rings. The van der Waals surface area contributed by atoms with Gasteiger partial charge in [0.05, 0.1) is 12.2 Å². The molecule has 2 N–H and O–H groups in total. The molecule has 1 atom stereocenters. The number of benzene rings is 2. The van der Waals surface area contributed by atoms with Crippen molar-refractivity contribution in [1.29, 1.82) is 0 Å². The normalized spacial score (nSPS) is 14.6. The van der Waals surface area contributed by atoms with Crippen molar-refractivity contribution in [3.8, 4) is 11.3 Å². The van der Waals surface area contributed by atoms with Crippen molar-refractivity contribution in [2.45, 2.75) is 26.4 Å². The smallest absolute Gasteiger partial charge is 0.217 e. The van der Waals surface area contributed by atoms with Gasteiger partial charge < -0.3 is 10.2 Å². The number of amides is 1. The number of nitrogens with zero attached hydrogens (tertiary/aromatic N) is 5. The predicted molar refractivity (Wildman–Crippen MR) is 148 cm³/mol. The molecule has 0 saturated carbocycles. The Morgan fingerprint density at radius 2 is 1.70 bits per heavy atom. The Morgan fingerprint density at radius 1 is 1.00 bits per heavy atom. The predicted octanol–water partition coefficient (Wildman–Crippen LogP) is 4.14. The zero-order chi connectivity index (χ0) is 24.9. The lowest BCUT2D eigenvalue weighted by atomic mass is 9.97. The Hall–Kier alpha value is -3.75. The van der Waals surface area contributed by atoms with Gasteiger partial charge in [-0.3, -0.25) is 19.8 Å². The van der Waals surface area contributed by atoms with Crippen molar-refractivity contribution in [2.24, 2.45) is 0 Å². The average molecular weight is 518 g/mol. The number of rotatable bonds is 7. The van der Waals surface area contributed by atoms with Crippen LogP contribution in [-0.4, -0.2) is 57.2 Å². The Bertz CT molecular complexity index is 1300. The number of halogens is 1. The van der Waals surface area contributed by atoms with Crippen molar-refractivity contribution in [1.82, 2.24) is 30.4 Å². The fraction of sp³-hybridized carbons (Fsp3) is 0.286. The fourth-order valence-corrected chi connectivity index (χ4v) is 4.82. The van der Waals surface area contributed by atoms with E-state index in [4.69, 9.17) is 4.98 Å². The van der Waals surface area contributed by atoms with Gasteiger partial charge in [-0.25, -0.2) is 4.98 Å². The van der Waals surface area contributed by atoms with Gasteiger partial charge in [0.2, 0.25) is 5.91 Å². The molecule has 3 heterocycles. The molecule has 5 rings (SSSR count). The highest BCUT2D eigenvalue weighted by Crippen LogP contribution is 2.33. The number of anilines is 1. The Balaban J connectivity index is 0.00000320. The summed E-state index contributed by atoms with van der Waals surface area (Å²) >= 11 is 0. The Labute approximate surface area is 223 Å². The summed E-state index contributed by atoms with van der Waals surface area (Å²) in [5.74, 6) is 0.870. The first-order chi connectivity index (χ1) is 17.6. The second-order valence-electron chi connectivity index (χ2n) is 9.12. The van der Waals surface area contributed by atoms with Gasteiger partial charge in [-0.1, -0.05) is 54.6 Å². The largest absolute Gasteiger partial charge is 0.352 e. The van der Waals surface area contributed by atoms with Crippen molar-refractivity contribution in [2.75, 3.05) is 31.1 Å². The van der Waals surface area contributed by atoms with Crippen LogP contribution in [0.4, 0.5) is 5.82 Å². The van der Waals surface area contributed by atoms with Gasteiger partial charge in [0.15, 0.2) is 5.82 Å². The summed E-state index contributed by atoms with van der Waals surface area (Å²) in [5, 5.41) is 10.2. The monoisotopic (exact) mass is 517 g/mol. The lowest BCUT2D eigenvalue weighted by molar-refractivity contribution is -0.119. The van der Waals surface area contributed by atoms with E-state index in [1.54, 1.807) is 12.4 Å². The zero-order valence-corrected chi connectivity index (χ0v) is 21.9. The summed E-state index contributed by atoms with van der Waals surface area (Å²) in [4.78, 5) is 25.5. The molecule has 1 aliphatic heterocycles. The minimum Gasteiger partial charge on any atom is -0.352 e. The first-order valence-electron chi connectivity index (χ1n) is 12.3. The van der Waals surface area contributed by atoms with Crippen LogP contribution in [0.15, 0.2) is 73.2 Å². The van der Waals surface area contributed by atoms with Crippen LogP contribution in [0.5, 0.6) is 0 Å². The van der Waals surface area contributed by atoms with Gasteiger partial charge in [0.25, 0.3) is 0 Å². The van der Waals surface area contributed by atoms with Gasteiger partial charge in [0.1, 0.15) is 5.69 Å². The van der Waals surface area contributed by atoms with E-state index in [9.17, 15) is 4.79 Å². The number of carbonyl (C=O) groups excluding carboxylic acids is 1. The summed E-state index contributed by atoms with van der Waals surface area (Å²) in [7, 11) is 0. The highest BCUT2D eigenvalue weighted by atomic mass is 35.5. The standard InChI is InChI=1S/C28H31N7O.ClH/c1-20-25(19-32-33-20)27(24-6-4-3-5-7-24)34-14-16-35(17-15-34)28-26(29-12-13-30-28)23-10-8-22(9-11-23)18-31-21(2)36;/h3-13,19,27H,14-18H2,1-2H3,(H,31,36)(H,32,33);1H. The molecule has 0 radical (unpaired) electrons. The average Bonchev–Trinajstić information content (AvgIpc) is 3.34. The van der Waals surface area contributed by atoms with Gasteiger partial charge >= 0.3 is 0 Å². The third kappa shape index (κ3) is 5.98. The molecule has 0 bridgehead atoms. The molecule has 1 saturated heterocycles. The number of H-pyrrole nitrogens is 1. The van der Waals surface area contributed by atoms with Gasteiger partial charge in [-0.15, -0.1) is 12.4 Å². The number of aromatic nitrogens is 4. The summed E-state index contributed by atoms with van der Waals surface area (Å²) in [6.45, 7) is 7.63. The number of piperazine rings is 1. The minimum atomic E-state index is -0.0353. The van der Waals surface area contributed by atoms with Crippen molar-refractivity contribution in [3.63, 3.8) is 0 Å². The van der Waals surface area contributed by atoms with Crippen LogP contribution in [0.1, 0.15) is 35.3 Å². The van der Waals surface area contributed by atoms with E-state index < -0.39 is 0 Å². The first-order valence-corrected chi connectivity index (χ1v) is 12.3. The molecule has 37 heavy (non-hydrogen) atoms. The molecule has 1 unspecified atom stereocenters. The summed E-state index contributed by atoms with van der Waals surface area (Å²) < 4.78 is 0. The quantitative estimate of drug-likeness (QED) is 0.383. The molecule has 192 valence electrons. The van der Waals surface area contributed by atoms with Crippen molar-refractivity contribution in [3.05, 3.63) is 95.6 Å². The first kappa shape index (κ1) is 26.3. The molecule has 2 aromatic carbocycles. The molecular formula is C28H32ClN7O. The second-order valence-corrected chi connectivity index (χ2v) is 9.12. The second kappa shape index (κ2) is 12.0. The third-order valence-corrected chi connectivity index (χ3v) is 6.71. The number of hydrogen-bond acceptors (Lipinski definition) is 6. The van der Waals surface area contributed by atoms with E-state index in [0.717, 1.165) is 54.5 Å². The molecule has 0 aliphatic carbocycles. The molecule has 2 aromatic heterocycles. The van der Waals surface area contributed by atoms with Crippen molar-refractivity contribution >= 4 is 24.1 Å². The number of hydrogen-bond donors (Lipinski definition) is 2. The lowest BCUT2D eigenvalue weighted by Crippen LogP contribution is -2.48. The minimum absolute atomic E-state index is 0. The van der Waals surface area contributed by atoms with Gasteiger partial charge in [-0.05, 0) is 18.1 Å². The topological polar surface area (TPSA) is 90.0 Å². The Morgan fingerprint density at radius 3 is 2.35 bits per heavy atom. The van der Waals surface area contributed by atoms with E-state index in [2.05, 4.69) is 67.6 Å². The molecule has 8 nitrogen and oxygen atoms in total. The van der Waals surface area contributed by atoms with Crippen LogP contribution in [0.25, 0.3) is 11.3 Å². The maximum absolute atomic E-state index is 11.2. The van der Waals surface area contributed by atoms with Crippen LogP contribution in [0.3, 0.4) is 0 Å². The molecule has 9 heteroatoms. The molecule has 1 fully saturated rings. The van der Waals surface area contributed by atoms with Gasteiger partial charge in [-0.2, -0.15) is 5.10 Å². The van der Waals surface area contributed by atoms with Gasteiger partial charge in [0, 0.05) is 68.9 Å². The van der Waals surface area contributed by atoms with E-state index in [0.29, 0.717) is 6.54 Å². The van der Waals surface area contributed by atoms with Crippen LogP contribution in [-0.2, 0) is 11.3 Å². The van der Waals surface area contributed by atoms with E-state index in [-0.39, 0.29) is 24.4 Å². The SMILES string of the molecule is CC(=O)NCc1ccc(-c2nccnc2N2CCN(C(c3ccccc3)c3cn[nH]c3C)CC2)cc1.Cl. The molecule has 1 aliphatic rings. The van der Waals surface area contributed by atoms with Crippen LogP contribution < -0.4 is 10.2 Å². The number of aromatic amines is 1. The van der Waals surface area contributed by atoms with E-state index in [1.807, 2.05) is 30.5 Å². The number of nitrogens with one attached hydrogen (secondary N) is 2. The van der Waals surface area contributed by atoms with E-state index >= 15 is 0 Å². The third-order valence-electron chi connectivity index (χ3n) is 6.71. The highest BCUT2D eigenvalue weighted by Gasteiger charge is 2.29. The van der Waals surface area contributed by atoms with Crippen LogP contribution in [0.2, 0.25) is 0 Å². The summed E-state index contributed by atoms with van der Waals surface area (Å²) in [6.07, 6.45) is 5.46. The summed E-state index contributed by atoms with van der Waals surface area (Å²) in [6, 6.07) is 19.0. The van der Waals surface area contributed by atoms with Crippen LogP contribution >= 0.6 is 12.4 Å².